The van der Waals surface area contributed by atoms with Gasteiger partial charge in [0.05, 0.1) is 11.9 Å². The molecule has 0 radical (unpaired) electrons. The lowest BCUT2D eigenvalue weighted by Crippen LogP contribution is -2.56. The number of piperazine rings is 1. The quantitative estimate of drug-likeness (QED) is 0.822. The lowest BCUT2D eigenvalue weighted by Gasteiger charge is -2.46. The van der Waals surface area contributed by atoms with Crippen LogP contribution < -0.4 is 0 Å². The third kappa shape index (κ3) is 4.42. The van der Waals surface area contributed by atoms with Crippen LogP contribution in [0.4, 0.5) is 0 Å². The van der Waals surface area contributed by atoms with Crippen LogP contribution in [-0.4, -0.2) is 63.4 Å². The molecular formula is C22H32N4O. The summed E-state index contributed by atoms with van der Waals surface area (Å²) in [5.74, 6) is 0. The van der Waals surface area contributed by atoms with Crippen LogP contribution in [0.25, 0.3) is 11.3 Å². The van der Waals surface area contributed by atoms with Crippen molar-refractivity contribution in [2.75, 3.05) is 26.2 Å². The molecular weight excluding hydrogens is 336 g/mol. The molecule has 0 spiro atoms. The average Bonchev–Trinajstić information content (AvgIpc) is 3.18. The normalized spacial score (nSPS) is 22.9. The molecule has 1 saturated heterocycles. The van der Waals surface area contributed by atoms with Crippen LogP contribution in [0.5, 0.6) is 0 Å². The summed E-state index contributed by atoms with van der Waals surface area (Å²) >= 11 is 0. The number of aromatic amines is 1. The average molecular weight is 369 g/mol. The van der Waals surface area contributed by atoms with Crippen LogP contribution in [0.2, 0.25) is 0 Å². The monoisotopic (exact) mass is 368 g/mol. The van der Waals surface area contributed by atoms with Crippen LogP contribution in [-0.2, 0) is 6.54 Å². The Morgan fingerprint density at radius 3 is 2.67 bits per heavy atom. The van der Waals surface area contributed by atoms with Gasteiger partial charge in [0.1, 0.15) is 0 Å². The van der Waals surface area contributed by atoms with Crippen LogP contribution in [0.15, 0.2) is 36.5 Å². The largest absolute Gasteiger partial charge is 0.396 e. The maximum atomic E-state index is 9.61. The highest BCUT2D eigenvalue weighted by atomic mass is 16.3. The molecule has 0 bridgehead atoms. The van der Waals surface area contributed by atoms with Crippen molar-refractivity contribution in [3.8, 4) is 11.3 Å². The Morgan fingerprint density at radius 1 is 1.07 bits per heavy atom. The van der Waals surface area contributed by atoms with Gasteiger partial charge in [-0.1, -0.05) is 49.6 Å². The van der Waals surface area contributed by atoms with Crippen LogP contribution in [0.1, 0.15) is 44.1 Å². The molecule has 1 atom stereocenters. The first-order chi connectivity index (χ1) is 13.3. The van der Waals surface area contributed by atoms with E-state index in [4.69, 9.17) is 0 Å². The van der Waals surface area contributed by atoms with Gasteiger partial charge in [-0.15, -0.1) is 0 Å². The van der Waals surface area contributed by atoms with E-state index >= 15 is 0 Å². The molecule has 4 rings (SSSR count). The van der Waals surface area contributed by atoms with Crippen molar-refractivity contribution in [1.29, 1.82) is 0 Å². The Balaban J connectivity index is 1.43. The van der Waals surface area contributed by atoms with Gasteiger partial charge in [0.15, 0.2) is 0 Å². The molecule has 146 valence electrons. The zero-order valence-electron chi connectivity index (χ0n) is 16.2. The van der Waals surface area contributed by atoms with Crippen molar-refractivity contribution in [1.82, 2.24) is 20.0 Å². The van der Waals surface area contributed by atoms with Gasteiger partial charge >= 0.3 is 0 Å². The first-order valence-electron chi connectivity index (χ1n) is 10.5. The summed E-state index contributed by atoms with van der Waals surface area (Å²) in [6.07, 6.45) is 9.65. The van der Waals surface area contributed by atoms with Crippen LogP contribution in [0, 0.1) is 0 Å². The smallest absolute Gasteiger partial charge is 0.0695 e. The zero-order chi connectivity index (χ0) is 18.5. The third-order valence-electron chi connectivity index (χ3n) is 6.29. The third-order valence-corrected chi connectivity index (χ3v) is 6.29. The van der Waals surface area contributed by atoms with Gasteiger partial charge < -0.3 is 5.11 Å². The van der Waals surface area contributed by atoms with Gasteiger partial charge in [-0.3, -0.25) is 14.9 Å². The molecule has 1 aliphatic carbocycles. The Hall–Kier alpha value is -1.69. The molecule has 1 aliphatic heterocycles. The predicted molar refractivity (Wildman–Crippen MR) is 108 cm³/mol. The van der Waals surface area contributed by atoms with Gasteiger partial charge in [-0.05, 0) is 24.8 Å². The number of aliphatic hydroxyl groups excluding tert-OH is 1. The number of benzene rings is 1. The second kappa shape index (κ2) is 9.00. The van der Waals surface area contributed by atoms with Crippen molar-refractivity contribution in [3.63, 3.8) is 0 Å². The van der Waals surface area contributed by atoms with Crippen LogP contribution >= 0.6 is 0 Å². The highest BCUT2D eigenvalue weighted by Gasteiger charge is 2.32. The maximum Gasteiger partial charge on any atom is 0.0695 e. The number of nitrogens with zero attached hydrogens (tertiary/aromatic N) is 3. The van der Waals surface area contributed by atoms with Crippen LogP contribution in [0.3, 0.4) is 0 Å². The van der Waals surface area contributed by atoms with Gasteiger partial charge in [-0.25, -0.2) is 0 Å². The highest BCUT2D eigenvalue weighted by Crippen LogP contribution is 2.28. The fourth-order valence-electron chi connectivity index (χ4n) is 4.90. The van der Waals surface area contributed by atoms with E-state index in [1.165, 1.54) is 43.2 Å². The Morgan fingerprint density at radius 2 is 1.89 bits per heavy atom. The van der Waals surface area contributed by atoms with Gasteiger partial charge in [-0.2, -0.15) is 5.10 Å². The summed E-state index contributed by atoms with van der Waals surface area (Å²) in [4.78, 5) is 5.25. The number of rotatable bonds is 6. The van der Waals surface area contributed by atoms with E-state index in [9.17, 15) is 5.11 Å². The molecule has 2 aliphatic rings. The summed E-state index contributed by atoms with van der Waals surface area (Å²) in [5.41, 5.74) is 3.58. The first kappa shape index (κ1) is 18.7. The fraction of sp³-hybridized carbons (Fsp3) is 0.591. The molecule has 5 nitrogen and oxygen atoms in total. The summed E-state index contributed by atoms with van der Waals surface area (Å²) in [6.45, 7) is 4.45. The number of aliphatic hydroxyl groups is 1. The minimum atomic E-state index is 0.280. The van der Waals surface area contributed by atoms with Crippen molar-refractivity contribution < 1.29 is 5.11 Å². The number of nitrogens with one attached hydrogen (secondary N) is 1. The molecule has 1 saturated carbocycles. The minimum absolute atomic E-state index is 0.280. The number of H-pyrrole nitrogens is 1. The summed E-state index contributed by atoms with van der Waals surface area (Å²) in [6, 6.07) is 11.6. The van der Waals surface area contributed by atoms with E-state index in [1.54, 1.807) is 0 Å². The zero-order valence-corrected chi connectivity index (χ0v) is 16.2. The Bertz CT molecular complexity index is 695. The van der Waals surface area contributed by atoms with Crippen molar-refractivity contribution in [3.05, 3.63) is 42.1 Å². The molecule has 2 fully saturated rings. The van der Waals surface area contributed by atoms with E-state index in [-0.39, 0.29) is 6.61 Å². The SMILES string of the molecule is OCC[C@H]1CN(Cc2cn[nH]c2-c2ccccc2)CCN1C1CCCCC1. The fourth-order valence-corrected chi connectivity index (χ4v) is 4.90. The topological polar surface area (TPSA) is 55.4 Å². The number of aromatic nitrogens is 2. The molecule has 1 aromatic heterocycles. The summed E-state index contributed by atoms with van der Waals surface area (Å²) < 4.78 is 0. The second-order valence-electron chi connectivity index (χ2n) is 8.07. The summed E-state index contributed by atoms with van der Waals surface area (Å²) in [7, 11) is 0. The molecule has 2 aromatic rings. The van der Waals surface area contributed by atoms with Crippen molar-refractivity contribution >= 4 is 0 Å². The lowest BCUT2D eigenvalue weighted by molar-refractivity contribution is 0.0137. The molecule has 0 amide bonds. The maximum absolute atomic E-state index is 9.61. The Labute approximate surface area is 162 Å². The standard InChI is InChI=1S/C22H32N4O/c27-14-11-21-17-25(12-13-26(21)20-9-5-2-6-10-20)16-19-15-23-24-22(19)18-7-3-1-4-8-18/h1,3-4,7-8,15,20-21,27H,2,5-6,9-14,16-17H2,(H,23,24)/t21-/m0/s1. The minimum Gasteiger partial charge on any atom is -0.396 e. The van der Waals surface area contributed by atoms with E-state index in [1.807, 2.05) is 12.3 Å². The van der Waals surface area contributed by atoms with Crippen molar-refractivity contribution in [2.24, 2.45) is 0 Å². The van der Waals surface area contributed by atoms with E-state index < -0.39 is 0 Å². The lowest BCUT2D eigenvalue weighted by atomic mass is 9.91. The Kier molecular flexibility index (Phi) is 6.22. The second-order valence-corrected chi connectivity index (χ2v) is 8.07. The first-order valence-corrected chi connectivity index (χ1v) is 10.5. The van der Waals surface area contributed by atoms with Gasteiger partial charge in [0.2, 0.25) is 0 Å². The van der Waals surface area contributed by atoms with E-state index in [0.717, 1.165) is 44.3 Å². The molecule has 5 heteroatoms. The predicted octanol–water partition coefficient (Wildman–Crippen LogP) is 3.28. The molecule has 0 unspecified atom stereocenters. The van der Waals surface area contributed by atoms with Gasteiger partial charge in [0.25, 0.3) is 0 Å². The van der Waals surface area contributed by atoms with Crippen molar-refractivity contribution in [2.45, 2.75) is 57.2 Å². The molecule has 1 aromatic carbocycles. The molecule has 2 heterocycles. The number of hydrogen-bond acceptors (Lipinski definition) is 4. The van der Waals surface area contributed by atoms with Gasteiger partial charge in [0, 0.05) is 50.4 Å². The highest BCUT2D eigenvalue weighted by molar-refractivity contribution is 5.62. The van der Waals surface area contributed by atoms with E-state index in [0.29, 0.717) is 6.04 Å². The summed E-state index contributed by atoms with van der Waals surface area (Å²) in [5, 5.41) is 17.1. The van der Waals surface area contributed by atoms with E-state index in [2.05, 4.69) is 44.3 Å². The molecule has 2 N–H and O–H groups in total. The molecule has 27 heavy (non-hydrogen) atoms. The number of hydrogen-bond donors (Lipinski definition) is 2.